The van der Waals surface area contributed by atoms with E-state index in [0.717, 1.165) is 12.2 Å². The zero-order chi connectivity index (χ0) is 47.6. The molecule has 8 N–H and O–H groups in total. The first-order chi connectivity index (χ1) is 29.2. The minimum absolute atomic E-state index is 0. The van der Waals surface area contributed by atoms with Gasteiger partial charge in [0.05, 0.1) is 38.0 Å². The third kappa shape index (κ3) is 39.4. The van der Waals surface area contributed by atoms with Gasteiger partial charge in [-0.1, -0.05) is 61.7 Å². The number of rotatable bonds is 10. The van der Waals surface area contributed by atoms with Gasteiger partial charge in [-0.3, -0.25) is 19.6 Å². The standard InChI is InChI=1S/2C14H13N3O3.2C5H8O2.2C3H8O.2Ho.2H2O/c2*1-20-12-7-4-5-10(13(12)18)9-16-17-14(19)11-6-2-3-8-15-11;2*1-4(6)3-5(2)7;2*1-3(2)4;;;;/h2*2-9,18H,1H3,(H,17,19);2*3,6H,1-2H3;2*3-4H,1-2H3;;;2*1H2/q;;;;;;2*+3;;/p-4/b2*16-9+;2*4-3-;;;;;;. The average molecular weight is 1220 g/mol. The molecular formula is C44H58Ho2N6O14+2. The van der Waals surface area contributed by atoms with Crippen LogP contribution in [0.5, 0.6) is 23.0 Å². The fourth-order valence-corrected chi connectivity index (χ4v) is 3.53. The van der Waals surface area contributed by atoms with Crippen molar-refractivity contribution in [1.29, 1.82) is 0 Å². The number of aliphatic hydroxyl groups is 2. The topological polar surface area (TPSA) is 373 Å². The maximum atomic E-state index is 11.8. The van der Waals surface area contributed by atoms with Crippen molar-refractivity contribution in [3.05, 3.63) is 131 Å². The molecule has 0 saturated carbocycles. The number of aromatic nitrogens is 2. The number of nitrogens with zero attached hydrogens (tertiary/aromatic N) is 6. The van der Waals surface area contributed by atoms with E-state index in [4.69, 9.17) is 19.7 Å². The summed E-state index contributed by atoms with van der Waals surface area (Å²) in [6.45, 7) is 12.3. The summed E-state index contributed by atoms with van der Waals surface area (Å²) in [6, 6.07) is 19.4. The Kier molecular flexibility index (Phi) is 48.3. The quantitative estimate of drug-likeness (QED) is 0.0374. The van der Waals surface area contributed by atoms with Gasteiger partial charge in [-0.05, 0) is 101 Å². The van der Waals surface area contributed by atoms with Gasteiger partial charge in [0.2, 0.25) is 0 Å². The molecule has 20 nitrogen and oxygen atoms in total. The normalized spacial score (nSPS) is 10.6. The fourth-order valence-electron chi connectivity index (χ4n) is 3.53. The molecule has 0 aliphatic carbocycles. The monoisotopic (exact) mass is 1220 g/mol. The zero-order valence-electron chi connectivity index (χ0n) is 38.0. The molecule has 2 aromatic carbocycles. The Morgan fingerprint density at radius 1 is 0.576 bits per heavy atom. The molecule has 0 aliphatic rings. The number of para-hydroxylation sites is 2. The summed E-state index contributed by atoms with van der Waals surface area (Å²) in [5.74, 6) is -2.08. The largest absolute Gasteiger partial charge is 3.00 e. The predicted octanol–water partition coefficient (Wildman–Crippen LogP) is -0.781. The third-order valence-electron chi connectivity index (χ3n) is 5.73. The Morgan fingerprint density at radius 3 is 1.09 bits per heavy atom. The van der Waals surface area contributed by atoms with Crippen LogP contribution in [0.1, 0.15) is 77.9 Å². The number of hydrogen-bond donors (Lipinski definition) is 2. The van der Waals surface area contributed by atoms with Crippen LogP contribution in [0.3, 0.4) is 0 Å². The van der Waals surface area contributed by atoms with Gasteiger partial charge in [0, 0.05) is 36.4 Å². The van der Waals surface area contributed by atoms with Crippen LogP contribution in [0, 0.1) is 75.5 Å². The number of benzene rings is 2. The fraction of sp³-hybridized carbons (Fsp3) is 0.273. The Morgan fingerprint density at radius 2 is 0.879 bits per heavy atom. The van der Waals surface area contributed by atoms with Crippen LogP contribution in [0.25, 0.3) is 0 Å². The number of ether oxygens (including phenoxy) is 2. The van der Waals surface area contributed by atoms with Crippen molar-refractivity contribution in [2.24, 2.45) is 20.4 Å². The van der Waals surface area contributed by atoms with Crippen molar-refractivity contribution < 1.29 is 146 Å². The Labute approximate surface area is 444 Å². The first-order valence-electron chi connectivity index (χ1n) is 18.3. The van der Waals surface area contributed by atoms with Crippen LogP contribution in [-0.2, 0) is 20.5 Å². The molecular weight excluding hydrogens is 1170 g/mol. The van der Waals surface area contributed by atoms with Gasteiger partial charge in [-0.2, -0.15) is 20.4 Å². The van der Waals surface area contributed by atoms with Gasteiger partial charge in [0.25, 0.3) is 0 Å². The molecule has 0 fully saturated rings. The number of pyridine rings is 2. The number of allylic oxidation sites excluding steroid dienone is 4. The van der Waals surface area contributed by atoms with Crippen LogP contribution in [-0.4, -0.2) is 82.4 Å². The molecule has 0 atom stereocenters. The summed E-state index contributed by atoms with van der Waals surface area (Å²) in [6.07, 6.45) is 7.19. The van der Waals surface area contributed by atoms with Crippen LogP contribution in [0.15, 0.2) is 129 Å². The maximum absolute atomic E-state index is 11.8. The van der Waals surface area contributed by atoms with E-state index in [1.54, 1.807) is 88.4 Å². The molecule has 4 rings (SSSR count). The van der Waals surface area contributed by atoms with Crippen molar-refractivity contribution in [2.45, 2.75) is 67.6 Å². The molecule has 0 aliphatic heterocycles. The van der Waals surface area contributed by atoms with Gasteiger partial charge >= 0.3 is 75.5 Å². The molecule has 0 unspecified atom stereocenters. The van der Waals surface area contributed by atoms with Crippen LogP contribution in [0.2, 0.25) is 0 Å². The first kappa shape index (κ1) is 72.6. The maximum Gasteiger partial charge on any atom is 3.00 e. The molecule has 0 saturated heterocycles. The Hall–Kier alpha value is -5.00. The van der Waals surface area contributed by atoms with Gasteiger partial charge < -0.3 is 61.3 Å². The predicted molar refractivity (Wildman–Crippen MR) is 235 cm³/mol. The number of aliphatic hydroxyl groups excluding tert-OH is 2. The third-order valence-corrected chi connectivity index (χ3v) is 5.73. The average Bonchev–Trinajstić information content (AvgIpc) is 3.19. The molecule has 0 amide bonds. The molecule has 0 bridgehead atoms. The molecule has 66 heavy (non-hydrogen) atoms. The van der Waals surface area contributed by atoms with E-state index in [-0.39, 0.29) is 156 Å². The van der Waals surface area contributed by atoms with E-state index in [0.29, 0.717) is 11.1 Å². The second-order valence-corrected chi connectivity index (χ2v) is 12.4. The van der Waals surface area contributed by atoms with Gasteiger partial charge in [0.15, 0.2) is 11.6 Å². The summed E-state index contributed by atoms with van der Waals surface area (Å²) in [7, 11) is 2.82. The van der Waals surface area contributed by atoms with E-state index in [1.165, 1.54) is 78.9 Å². The van der Waals surface area contributed by atoms with Gasteiger partial charge in [-0.25, -0.2) is 0 Å². The van der Waals surface area contributed by atoms with Crippen molar-refractivity contribution in [1.82, 2.24) is 9.97 Å². The summed E-state index contributed by atoms with van der Waals surface area (Å²) >= 11 is 0. The van der Waals surface area contributed by atoms with Crippen molar-refractivity contribution in [3.8, 4) is 23.0 Å². The van der Waals surface area contributed by atoms with Crippen LogP contribution >= 0.6 is 0 Å². The van der Waals surface area contributed by atoms with E-state index in [2.05, 4.69) is 30.4 Å². The Balaban J connectivity index is -0.000000182. The second kappa shape index (κ2) is 43.9. The summed E-state index contributed by atoms with van der Waals surface area (Å²) in [5.41, 5.74) is 0.971. The number of carbonyl (C=O) groups is 2. The molecule has 0 spiro atoms. The van der Waals surface area contributed by atoms with E-state index < -0.39 is 11.8 Å². The summed E-state index contributed by atoms with van der Waals surface area (Å²) in [4.78, 5) is 27.7. The molecule has 2 heterocycles. The van der Waals surface area contributed by atoms with Gasteiger partial charge in [-0.15, -0.1) is 11.5 Å². The van der Waals surface area contributed by atoms with Crippen molar-refractivity contribution in [3.63, 3.8) is 0 Å². The Bertz CT molecular complexity index is 1940. The smallest absolute Gasteiger partial charge is 0.876 e. The number of carbonyl (C=O) groups excluding carboxylic acids is 2. The van der Waals surface area contributed by atoms with Crippen LogP contribution in [0.4, 0.5) is 0 Å². The minimum atomic E-state index is -0.572. The minimum Gasteiger partial charge on any atom is -0.876 e. The van der Waals surface area contributed by atoms with Crippen molar-refractivity contribution in [2.75, 3.05) is 14.2 Å². The molecule has 0 radical (unpaired) electrons. The number of hydrogen-bond acceptors (Lipinski definition) is 18. The second-order valence-electron chi connectivity index (χ2n) is 12.4. The number of methoxy groups -OCH3 is 2. The van der Waals surface area contributed by atoms with E-state index in [9.17, 15) is 40.2 Å². The van der Waals surface area contributed by atoms with Crippen LogP contribution < -0.4 is 40.1 Å². The van der Waals surface area contributed by atoms with Gasteiger partial charge in [0.1, 0.15) is 11.5 Å². The van der Waals surface area contributed by atoms with E-state index >= 15 is 0 Å². The molecule has 2 aromatic heterocycles. The molecule has 22 heteroatoms. The summed E-state index contributed by atoms with van der Waals surface area (Å²) < 4.78 is 9.80. The zero-order valence-corrected chi connectivity index (χ0v) is 41.8. The molecule has 368 valence electrons. The SMILES string of the molecule is CC(=O)/C=C(/C)[O-].CC(=O)/C=C(/C)[O-].CC(C)O.CC(C)O.COc1cccc(/C=N/N=C(\[O-])c2ccccn2)c1[O-].COc1cccc(/C=N/N=C(\[O-])c2ccccn2)c1[O-].[Ho+3].[Ho+3].[OH3+].[OH3+]. The van der Waals surface area contributed by atoms with Crippen molar-refractivity contribution >= 4 is 35.8 Å². The van der Waals surface area contributed by atoms with E-state index in [1.807, 2.05) is 0 Å². The summed E-state index contributed by atoms with van der Waals surface area (Å²) in [5, 5.41) is 97.0. The first-order valence-corrected chi connectivity index (χ1v) is 18.3. The molecule has 4 aromatic rings. The number of ketones is 2.